The number of nitrogens with one attached hydrogen (secondary N) is 5. The molecule has 0 aliphatic heterocycles. The van der Waals surface area contributed by atoms with Gasteiger partial charge in [-0.1, -0.05) is 54.6 Å². The molecule has 3 amide bonds. The maximum atomic E-state index is 13.8. The summed E-state index contributed by atoms with van der Waals surface area (Å²) in [7, 11) is 0. The van der Waals surface area contributed by atoms with Crippen LogP contribution < -0.4 is 27.2 Å². The van der Waals surface area contributed by atoms with Crippen molar-refractivity contribution in [3.05, 3.63) is 118 Å². The average Bonchev–Trinajstić information content (AvgIpc) is 3.72. The second kappa shape index (κ2) is 15.0. The number of pyridine rings is 1. The highest BCUT2D eigenvalue weighted by molar-refractivity contribution is 5.99. The number of hydrogen-bond acceptors (Lipinski definition) is 7. The molecule has 6 rings (SSSR count). The van der Waals surface area contributed by atoms with Crippen molar-refractivity contribution in [2.75, 3.05) is 18.5 Å². The van der Waals surface area contributed by atoms with E-state index in [9.17, 15) is 19.2 Å². The van der Waals surface area contributed by atoms with Gasteiger partial charge in [-0.25, -0.2) is 9.78 Å². The summed E-state index contributed by atoms with van der Waals surface area (Å²) in [6.45, 7) is 2.36. The molecule has 1 aliphatic carbocycles. The van der Waals surface area contributed by atoms with Crippen LogP contribution in [0.5, 0.6) is 0 Å². The number of hydrogen-bond donors (Lipinski definition) is 6. The minimum Gasteiger partial charge on any atom is -0.449 e. The van der Waals surface area contributed by atoms with E-state index in [0.717, 1.165) is 33.2 Å². The van der Waals surface area contributed by atoms with Gasteiger partial charge in [0.25, 0.3) is 0 Å². The topological polar surface area (TPSA) is 184 Å². The molecule has 0 saturated carbocycles. The molecule has 7 N–H and O–H groups in total. The van der Waals surface area contributed by atoms with Crippen LogP contribution >= 0.6 is 0 Å². The lowest BCUT2D eigenvalue weighted by Gasteiger charge is -2.23. The first-order valence-corrected chi connectivity index (χ1v) is 16.3. The van der Waals surface area contributed by atoms with Crippen LogP contribution in [0.4, 0.5) is 10.5 Å². The van der Waals surface area contributed by atoms with E-state index >= 15 is 0 Å². The van der Waals surface area contributed by atoms with Crippen LogP contribution in [0.3, 0.4) is 0 Å². The molecule has 12 nitrogen and oxygen atoms in total. The van der Waals surface area contributed by atoms with E-state index in [-0.39, 0.29) is 24.5 Å². The molecule has 5 aromatic rings. The van der Waals surface area contributed by atoms with Gasteiger partial charge in [0.05, 0.1) is 11.8 Å². The van der Waals surface area contributed by atoms with E-state index in [4.69, 9.17) is 10.5 Å². The summed E-state index contributed by atoms with van der Waals surface area (Å²) in [5.74, 6) is -1.15. The van der Waals surface area contributed by atoms with E-state index in [1.807, 2.05) is 49.4 Å². The second-order valence-electron chi connectivity index (χ2n) is 12.2. The first-order valence-electron chi connectivity index (χ1n) is 16.3. The second-order valence-corrected chi connectivity index (χ2v) is 12.2. The van der Waals surface area contributed by atoms with Gasteiger partial charge in [-0.15, -0.1) is 0 Å². The van der Waals surface area contributed by atoms with Crippen molar-refractivity contribution in [1.82, 2.24) is 25.6 Å². The van der Waals surface area contributed by atoms with Crippen LogP contribution in [0.2, 0.25) is 0 Å². The number of alkyl carbamates (subject to hydrolysis) is 1. The lowest BCUT2D eigenvalue weighted by atomic mass is 9.98. The highest BCUT2D eigenvalue weighted by Crippen LogP contribution is 2.44. The van der Waals surface area contributed by atoms with Gasteiger partial charge in [-0.3, -0.25) is 14.4 Å². The number of aryl methyl sites for hydroxylation is 1. The zero-order chi connectivity index (χ0) is 34.3. The number of H-pyrrole nitrogens is 2. The van der Waals surface area contributed by atoms with Crippen molar-refractivity contribution in [2.24, 2.45) is 5.73 Å². The van der Waals surface area contributed by atoms with Crippen molar-refractivity contribution in [2.45, 2.75) is 50.6 Å². The zero-order valence-electron chi connectivity index (χ0n) is 27.1. The van der Waals surface area contributed by atoms with Crippen molar-refractivity contribution < 1.29 is 19.1 Å². The molecule has 0 radical (unpaired) electrons. The molecule has 0 saturated heterocycles. The van der Waals surface area contributed by atoms with E-state index in [2.05, 4.69) is 43.0 Å². The van der Waals surface area contributed by atoms with Crippen LogP contribution in [0, 0.1) is 6.92 Å². The number of benzene rings is 3. The fourth-order valence-corrected chi connectivity index (χ4v) is 6.38. The maximum Gasteiger partial charge on any atom is 0.407 e. The van der Waals surface area contributed by atoms with Crippen molar-refractivity contribution in [1.29, 1.82) is 0 Å². The first-order chi connectivity index (χ1) is 23.8. The van der Waals surface area contributed by atoms with E-state index in [1.54, 1.807) is 18.3 Å². The van der Waals surface area contributed by atoms with Gasteiger partial charge in [-0.2, -0.15) is 0 Å². The van der Waals surface area contributed by atoms with Crippen molar-refractivity contribution in [3.8, 4) is 11.1 Å². The average molecular weight is 662 g/mol. The highest BCUT2D eigenvalue weighted by Gasteiger charge is 2.31. The Bertz CT molecular complexity index is 1980. The lowest BCUT2D eigenvalue weighted by Crippen LogP contribution is -2.53. The summed E-state index contributed by atoms with van der Waals surface area (Å²) >= 11 is 0. The number of imidazole rings is 1. The van der Waals surface area contributed by atoms with E-state index in [1.165, 1.54) is 12.4 Å². The molecular formula is C37H39N7O5. The quantitative estimate of drug-likeness (QED) is 0.102. The van der Waals surface area contributed by atoms with Crippen LogP contribution in [-0.2, 0) is 20.7 Å². The van der Waals surface area contributed by atoms with Gasteiger partial charge in [0, 0.05) is 41.4 Å². The molecule has 49 heavy (non-hydrogen) atoms. The van der Waals surface area contributed by atoms with Crippen LogP contribution in [0.15, 0.2) is 90.1 Å². The van der Waals surface area contributed by atoms with Gasteiger partial charge in [0.2, 0.25) is 17.4 Å². The third-order valence-corrected chi connectivity index (χ3v) is 8.83. The molecule has 2 atom stereocenters. The van der Waals surface area contributed by atoms with Gasteiger partial charge in [0.1, 0.15) is 18.7 Å². The predicted molar refractivity (Wildman–Crippen MR) is 187 cm³/mol. The van der Waals surface area contributed by atoms with E-state index in [0.29, 0.717) is 42.7 Å². The van der Waals surface area contributed by atoms with Gasteiger partial charge >= 0.3 is 6.09 Å². The summed E-state index contributed by atoms with van der Waals surface area (Å²) in [5, 5.41) is 9.27. The summed E-state index contributed by atoms with van der Waals surface area (Å²) < 4.78 is 5.73. The Hall–Kier alpha value is -5.75. The number of carbonyl (C=O) groups excluding carboxylic acids is 3. The molecule has 3 aromatic carbocycles. The molecule has 0 fully saturated rings. The summed E-state index contributed by atoms with van der Waals surface area (Å²) in [6, 6.07) is 20.8. The van der Waals surface area contributed by atoms with Gasteiger partial charge in [-0.05, 0) is 72.7 Å². The smallest absolute Gasteiger partial charge is 0.407 e. The highest BCUT2D eigenvalue weighted by atomic mass is 16.5. The number of fused-ring (bicyclic) bond motifs is 4. The largest absolute Gasteiger partial charge is 0.449 e. The molecule has 12 heteroatoms. The third-order valence-electron chi connectivity index (χ3n) is 8.83. The van der Waals surface area contributed by atoms with Crippen LogP contribution in [0.25, 0.3) is 22.0 Å². The Morgan fingerprint density at radius 2 is 1.65 bits per heavy atom. The van der Waals surface area contributed by atoms with Gasteiger partial charge < -0.3 is 36.4 Å². The monoisotopic (exact) mass is 661 g/mol. The minimum atomic E-state index is -1.07. The summed E-state index contributed by atoms with van der Waals surface area (Å²) in [4.78, 5) is 62.4. The fraction of sp³-hybridized carbons (Fsp3) is 0.270. The number of carbonyl (C=O) groups is 3. The number of aromatic amines is 2. The standard InChI is InChI=1S/C37H39N7O5/c1-22-16-34(45)42-32-17-23(13-14-25(22)32)41-35(46)31(12-6-7-15-38)43-36(47)33(18-24-19-39-21-40-24)44-37(48)49-20-30-28-10-4-2-8-26(28)27-9-3-5-11-29(27)30/h2-5,8-11,13-14,16-17,19,21,30-31,33H,6-7,12,15,18,20,38H2,1H3,(H,39,40)(H,41,46)(H,42,45)(H,43,47)(H,44,48)/t31-,33-/m0/s1. The molecule has 0 bridgehead atoms. The molecule has 1 aliphatic rings. The number of nitrogens with zero attached hydrogens (tertiary/aromatic N) is 1. The number of nitrogens with two attached hydrogens (primary N) is 1. The molecule has 0 unspecified atom stereocenters. The maximum absolute atomic E-state index is 13.8. The minimum absolute atomic E-state index is 0.0823. The Morgan fingerprint density at radius 1 is 0.918 bits per heavy atom. The number of anilines is 1. The molecule has 2 heterocycles. The Labute approximate surface area is 282 Å². The third kappa shape index (κ3) is 7.71. The number of ether oxygens (including phenoxy) is 1. The predicted octanol–water partition coefficient (Wildman–Crippen LogP) is 4.26. The first kappa shape index (κ1) is 33.2. The molecule has 252 valence electrons. The Balaban J connectivity index is 1.15. The fourth-order valence-electron chi connectivity index (χ4n) is 6.38. The van der Waals surface area contributed by atoms with Crippen molar-refractivity contribution in [3.63, 3.8) is 0 Å². The summed E-state index contributed by atoms with van der Waals surface area (Å²) in [5.41, 5.74) is 12.3. The van der Waals surface area contributed by atoms with E-state index < -0.39 is 30.0 Å². The SMILES string of the molecule is Cc1cc(=O)[nH]c2cc(NC(=O)[C@H](CCCCN)NC(=O)[C@H](Cc3cnc[nH]3)NC(=O)OCC3c4ccccc4-c4ccccc43)ccc12. The molecule has 0 spiro atoms. The molecular weight excluding hydrogens is 622 g/mol. The van der Waals surface area contributed by atoms with Gasteiger partial charge in [0.15, 0.2) is 0 Å². The lowest BCUT2D eigenvalue weighted by molar-refractivity contribution is -0.128. The Morgan fingerprint density at radius 3 is 2.35 bits per heavy atom. The van der Waals surface area contributed by atoms with Crippen molar-refractivity contribution >= 4 is 34.5 Å². The zero-order valence-corrected chi connectivity index (χ0v) is 27.1. The summed E-state index contributed by atoms with van der Waals surface area (Å²) in [6.07, 6.45) is 3.95. The van der Waals surface area contributed by atoms with Crippen LogP contribution in [0.1, 0.15) is 47.6 Å². The number of rotatable bonds is 13. The molecule has 2 aromatic heterocycles. The number of aromatic nitrogens is 3. The van der Waals surface area contributed by atoms with Crippen LogP contribution in [-0.4, -0.2) is 58.1 Å². The normalized spacial score (nSPS) is 13.3. The number of unbranched alkanes of at least 4 members (excludes halogenated alkanes) is 1. The Kier molecular flexibility index (Phi) is 10.1. The number of amides is 3.